The molecule has 0 radical (unpaired) electrons. The van der Waals surface area contributed by atoms with Crippen LogP contribution in [0.3, 0.4) is 0 Å². The molecule has 132 valence electrons. The highest BCUT2D eigenvalue weighted by atomic mass is 16.5. The number of piperidine rings is 1. The highest BCUT2D eigenvalue weighted by Gasteiger charge is 2.46. The van der Waals surface area contributed by atoms with Crippen molar-refractivity contribution in [3.8, 4) is 5.75 Å². The zero-order chi connectivity index (χ0) is 17.0. The summed E-state index contributed by atoms with van der Waals surface area (Å²) >= 11 is 0. The summed E-state index contributed by atoms with van der Waals surface area (Å²) in [5.41, 5.74) is 1.18. The Kier molecular flexibility index (Phi) is 4.95. The highest BCUT2D eigenvalue weighted by Crippen LogP contribution is 2.40. The third-order valence-corrected chi connectivity index (χ3v) is 5.34. The second kappa shape index (κ2) is 7.50. The van der Waals surface area contributed by atoms with Gasteiger partial charge < -0.3 is 9.47 Å². The minimum Gasteiger partial charge on any atom is -0.491 e. The molecule has 0 aliphatic carbocycles. The van der Waals surface area contributed by atoms with E-state index in [0.29, 0.717) is 6.61 Å². The number of pyridine rings is 2. The predicted octanol–water partition coefficient (Wildman–Crippen LogP) is 2.93. The van der Waals surface area contributed by atoms with Gasteiger partial charge in [0.05, 0.1) is 24.6 Å². The van der Waals surface area contributed by atoms with Crippen LogP contribution in [0.4, 0.5) is 0 Å². The fourth-order valence-electron chi connectivity index (χ4n) is 4.11. The van der Waals surface area contributed by atoms with Crippen LogP contribution in [0.5, 0.6) is 5.75 Å². The van der Waals surface area contributed by atoms with E-state index in [1.165, 1.54) is 0 Å². The molecule has 2 fully saturated rings. The van der Waals surface area contributed by atoms with E-state index in [2.05, 4.69) is 27.0 Å². The van der Waals surface area contributed by atoms with Gasteiger partial charge in [-0.2, -0.15) is 0 Å². The summed E-state index contributed by atoms with van der Waals surface area (Å²) in [7, 11) is 0. The Morgan fingerprint density at radius 3 is 3.08 bits per heavy atom. The zero-order valence-corrected chi connectivity index (χ0v) is 14.5. The van der Waals surface area contributed by atoms with Gasteiger partial charge >= 0.3 is 0 Å². The van der Waals surface area contributed by atoms with Gasteiger partial charge in [0.15, 0.2) is 0 Å². The first-order chi connectivity index (χ1) is 12.3. The molecule has 2 aliphatic heterocycles. The van der Waals surface area contributed by atoms with Crippen molar-refractivity contribution in [3.63, 3.8) is 0 Å². The van der Waals surface area contributed by atoms with Crippen LogP contribution in [-0.2, 0) is 11.3 Å². The molecule has 4 heterocycles. The van der Waals surface area contributed by atoms with Crippen molar-refractivity contribution in [2.24, 2.45) is 5.41 Å². The molecule has 0 aromatic carbocycles. The fourth-order valence-corrected chi connectivity index (χ4v) is 4.11. The van der Waals surface area contributed by atoms with Gasteiger partial charge in [-0.25, -0.2) is 0 Å². The largest absolute Gasteiger partial charge is 0.491 e. The van der Waals surface area contributed by atoms with E-state index >= 15 is 0 Å². The molecule has 2 atom stereocenters. The first-order valence-corrected chi connectivity index (χ1v) is 9.11. The topological polar surface area (TPSA) is 47.5 Å². The number of likely N-dealkylation sites (tertiary alicyclic amines) is 1. The van der Waals surface area contributed by atoms with Crippen LogP contribution in [0.2, 0.25) is 0 Å². The molecule has 0 saturated carbocycles. The summed E-state index contributed by atoms with van der Waals surface area (Å²) in [6.45, 7) is 4.49. The third-order valence-electron chi connectivity index (χ3n) is 5.34. The Bertz CT molecular complexity index is 667. The Hall–Kier alpha value is -1.98. The SMILES string of the molecule is c1ccc(CN2CC[C@@H]3OCCC[C@]3(COc3cccnc3)C2)nc1. The number of hydrogen-bond donors (Lipinski definition) is 0. The molecule has 0 amide bonds. The van der Waals surface area contributed by atoms with E-state index < -0.39 is 0 Å². The predicted molar refractivity (Wildman–Crippen MR) is 95.3 cm³/mol. The molecule has 25 heavy (non-hydrogen) atoms. The monoisotopic (exact) mass is 339 g/mol. The molecule has 2 aromatic rings. The molecule has 2 saturated heterocycles. The average Bonchev–Trinajstić information content (AvgIpc) is 2.68. The third kappa shape index (κ3) is 3.83. The molecule has 0 unspecified atom stereocenters. The first-order valence-electron chi connectivity index (χ1n) is 9.11. The lowest BCUT2D eigenvalue weighted by atomic mass is 9.73. The normalized spacial score (nSPS) is 26.8. The maximum Gasteiger partial charge on any atom is 0.137 e. The Labute approximate surface area is 149 Å². The molecule has 2 aliphatic rings. The summed E-state index contributed by atoms with van der Waals surface area (Å²) in [4.78, 5) is 11.1. The minimum atomic E-state index is 0.0567. The van der Waals surface area contributed by atoms with Gasteiger partial charge in [-0.3, -0.25) is 14.9 Å². The molecule has 5 heteroatoms. The van der Waals surface area contributed by atoms with Crippen molar-refractivity contribution in [2.45, 2.75) is 31.9 Å². The van der Waals surface area contributed by atoms with Crippen LogP contribution < -0.4 is 4.74 Å². The lowest BCUT2D eigenvalue weighted by molar-refractivity contribution is -0.141. The van der Waals surface area contributed by atoms with E-state index in [9.17, 15) is 0 Å². The fraction of sp³-hybridized carbons (Fsp3) is 0.500. The molecule has 0 bridgehead atoms. The summed E-state index contributed by atoms with van der Waals surface area (Å²) in [5.74, 6) is 0.836. The first kappa shape index (κ1) is 16.5. The van der Waals surface area contributed by atoms with E-state index in [0.717, 1.165) is 56.9 Å². The summed E-state index contributed by atoms with van der Waals surface area (Å²) in [5, 5.41) is 0. The van der Waals surface area contributed by atoms with Crippen molar-refractivity contribution in [1.29, 1.82) is 0 Å². The molecule has 0 N–H and O–H groups in total. The molecule has 4 rings (SSSR count). The van der Waals surface area contributed by atoms with Crippen LogP contribution in [-0.4, -0.2) is 47.3 Å². The molecular weight excluding hydrogens is 314 g/mol. The van der Waals surface area contributed by atoms with Crippen molar-refractivity contribution in [3.05, 3.63) is 54.6 Å². The van der Waals surface area contributed by atoms with E-state index in [-0.39, 0.29) is 11.5 Å². The van der Waals surface area contributed by atoms with Gasteiger partial charge in [-0.05, 0) is 43.5 Å². The van der Waals surface area contributed by atoms with E-state index in [1.807, 2.05) is 24.4 Å². The van der Waals surface area contributed by atoms with Gasteiger partial charge in [0.2, 0.25) is 0 Å². The van der Waals surface area contributed by atoms with Gasteiger partial charge in [-0.15, -0.1) is 0 Å². The minimum absolute atomic E-state index is 0.0567. The Balaban J connectivity index is 1.47. The van der Waals surface area contributed by atoms with Gasteiger partial charge in [0.1, 0.15) is 5.75 Å². The zero-order valence-electron chi connectivity index (χ0n) is 14.5. The van der Waals surface area contributed by atoms with Crippen molar-refractivity contribution in [1.82, 2.24) is 14.9 Å². The number of aromatic nitrogens is 2. The van der Waals surface area contributed by atoms with E-state index in [4.69, 9.17) is 9.47 Å². The molecule has 5 nitrogen and oxygen atoms in total. The summed E-state index contributed by atoms with van der Waals surface area (Å²) in [6, 6.07) is 10.0. The standard InChI is InChI=1S/C20H25N3O2/c1-2-10-22-17(5-1)14-23-11-7-19-20(15-23,8-4-12-24-19)16-25-18-6-3-9-21-13-18/h1-3,5-6,9-10,13,19H,4,7-8,11-12,14-16H2/t19-,20+/m0/s1. The number of rotatable bonds is 5. The van der Waals surface area contributed by atoms with Crippen LogP contribution in [0.15, 0.2) is 48.9 Å². The highest BCUT2D eigenvalue weighted by molar-refractivity contribution is 5.16. The number of hydrogen-bond acceptors (Lipinski definition) is 5. The van der Waals surface area contributed by atoms with Crippen LogP contribution in [0, 0.1) is 5.41 Å². The number of ether oxygens (including phenoxy) is 2. The molecular formula is C20H25N3O2. The van der Waals surface area contributed by atoms with Gasteiger partial charge in [0, 0.05) is 44.0 Å². The maximum absolute atomic E-state index is 6.13. The molecule has 0 spiro atoms. The van der Waals surface area contributed by atoms with Crippen LogP contribution in [0.1, 0.15) is 25.0 Å². The van der Waals surface area contributed by atoms with Crippen LogP contribution >= 0.6 is 0 Å². The van der Waals surface area contributed by atoms with Crippen LogP contribution in [0.25, 0.3) is 0 Å². The summed E-state index contributed by atoms with van der Waals surface area (Å²) < 4.78 is 12.3. The van der Waals surface area contributed by atoms with Gasteiger partial charge in [0.25, 0.3) is 0 Å². The second-order valence-electron chi connectivity index (χ2n) is 7.12. The number of nitrogens with zero attached hydrogens (tertiary/aromatic N) is 3. The maximum atomic E-state index is 6.13. The average molecular weight is 339 g/mol. The van der Waals surface area contributed by atoms with Gasteiger partial charge in [-0.1, -0.05) is 6.07 Å². The smallest absolute Gasteiger partial charge is 0.137 e. The Morgan fingerprint density at radius 1 is 1.24 bits per heavy atom. The second-order valence-corrected chi connectivity index (χ2v) is 7.12. The van der Waals surface area contributed by atoms with Crippen molar-refractivity contribution < 1.29 is 9.47 Å². The molecule has 2 aromatic heterocycles. The van der Waals surface area contributed by atoms with Crippen molar-refractivity contribution >= 4 is 0 Å². The lowest BCUT2D eigenvalue weighted by Gasteiger charge is -2.50. The summed E-state index contributed by atoms with van der Waals surface area (Å²) in [6.07, 6.45) is 9.02. The lowest BCUT2D eigenvalue weighted by Crippen LogP contribution is -2.57. The quantitative estimate of drug-likeness (QED) is 0.838. The van der Waals surface area contributed by atoms with E-state index in [1.54, 1.807) is 12.4 Å². The number of fused-ring (bicyclic) bond motifs is 1. The van der Waals surface area contributed by atoms with Crippen molar-refractivity contribution in [2.75, 3.05) is 26.3 Å². The Morgan fingerprint density at radius 2 is 2.24 bits per heavy atom.